The van der Waals surface area contributed by atoms with Crippen molar-refractivity contribution in [2.45, 2.75) is 45.0 Å². The number of aliphatic carboxylic acids is 1. The average molecular weight is 346 g/mol. The van der Waals surface area contributed by atoms with Gasteiger partial charge in [-0.05, 0) is 25.8 Å². The zero-order valence-electron chi connectivity index (χ0n) is 14.5. The van der Waals surface area contributed by atoms with Crippen LogP contribution in [0.3, 0.4) is 0 Å². The summed E-state index contributed by atoms with van der Waals surface area (Å²) in [6.07, 6.45) is 9.23. The summed E-state index contributed by atoms with van der Waals surface area (Å²) in [5, 5.41) is 18.9. The quantitative estimate of drug-likeness (QED) is 0.690. The smallest absolute Gasteiger partial charge is 0.303 e. The van der Waals surface area contributed by atoms with E-state index in [1.807, 2.05) is 43.4 Å². The molecule has 1 fully saturated rings. The third-order valence-electron chi connectivity index (χ3n) is 4.16. The van der Waals surface area contributed by atoms with Crippen LogP contribution in [0.4, 0.5) is 0 Å². The van der Waals surface area contributed by atoms with Crippen LogP contribution >= 0.6 is 0 Å². The number of hydrogen-bond acceptors (Lipinski definition) is 4. The van der Waals surface area contributed by atoms with Crippen LogP contribution in [0.2, 0.25) is 0 Å². The van der Waals surface area contributed by atoms with E-state index < -0.39 is 5.97 Å². The van der Waals surface area contributed by atoms with Crippen molar-refractivity contribution in [2.24, 2.45) is 5.92 Å². The summed E-state index contributed by atoms with van der Waals surface area (Å²) >= 11 is 0. The summed E-state index contributed by atoms with van der Waals surface area (Å²) in [5.41, 5.74) is 0.764. The molecule has 2 N–H and O–H groups in total. The van der Waals surface area contributed by atoms with Crippen molar-refractivity contribution in [1.29, 1.82) is 0 Å². The standard InChI is InChI=1S/C20H26O5/c1-2-3-13-19-24-14-15(9-5-4-6-12-18(22)23)20(25-19)16-10-7-8-11-17(16)21/h2-5,7-8,10-11,15,19-21H,6,9,12-14H2,1H3,(H,22,23). The van der Waals surface area contributed by atoms with Gasteiger partial charge in [0.1, 0.15) is 5.75 Å². The van der Waals surface area contributed by atoms with Gasteiger partial charge in [0, 0.05) is 24.3 Å². The van der Waals surface area contributed by atoms with Crippen molar-refractivity contribution in [1.82, 2.24) is 0 Å². The van der Waals surface area contributed by atoms with Gasteiger partial charge in [-0.1, -0.05) is 42.5 Å². The second-order valence-electron chi connectivity index (χ2n) is 6.08. The van der Waals surface area contributed by atoms with Crippen molar-refractivity contribution in [2.75, 3.05) is 6.61 Å². The lowest BCUT2D eigenvalue weighted by molar-refractivity contribution is -0.237. The number of benzene rings is 1. The van der Waals surface area contributed by atoms with Crippen LogP contribution in [0.1, 0.15) is 44.3 Å². The highest BCUT2D eigenvalue weighted by molar-refractivity contribution is 5.66. The van der Waals surface area contributed by atoms with Gasteiger partial charge in [0.2, 0.25) is 0 Å². The predicted molar refractivity (Wildman–Crippen MR) is 95.2 cm³/mol. The summed E-state index contributed by atoms with van der Waals surface area (Å²) in [5.74, 6) is -0.511. The Morgan fingerprint density at radius 3 is 2.76 bits per heavy atom. The molecule has 1 aliphatic heterocycles. The molecule has 25 heavy (non-hydrogen) atoms. The lowest BCUT2D eigenvalue weighted by atomic mass is 9.91. The Morgan fingerprint density at radius 1 is 1.24 bits per heavy atom. The lowest BCUT2D eigenvalue weighted by Crippen LogP contribution is -2.34. The molecule has 136 valence electrons. The van der Waals surface area contributed by atoms with Gasteiger partial charge in [-0.15, -0.1) is 0 Å². The van der Waals surface area contributed by atoms with Crippen LogP contribution in [0.25, 0.3) is 0 Å². The molecule has 1 aromatic rings. The minimum absolute atomic E-state index is 0.0660. The lowest BCUT2D eigenvalue weighted by Gasteiger charge is -2.36. The summed E-state index contributed by atoms with van der Waals surface area (Å²) in [4.78, 5) is 10.6. The van der Waals surface area contributed by atoms with Gasteiger partial charge in [0.05, 0.1) is 12.7 Å². The predicted octanol–water partition coefficient (Wildman–Crippen LogP) is 4.20. The third-order valence-corrected chi connectivity index (χ3v) is 4.16. The molecule has 0 bridgehead atoms. The number of hydrogen-bond donors (Lipinski definition) is 2. The van der Waals surface area contributed by atoms with Crippen molar-refractivity contribution in [3.63, 3.8) is 0 Å². The molecular formula is C20H26O5. The highest BCUT2D eigenvalue weighted by Crippen LogP contribution is 2.39. The molecule has 0 saturated carbocycles. The maximum Gasteiger partial charge on any atom is 0.303 e. The molecule has 1 heterocycles. The summed E-state index contributed by atoms with van der Waals surface area (Å²) in [6, 6.07) is 7.21. The van der Waals surface area contributed by atoms with Crippen LogP contribution < -0.4 is 0 Å². The van der Waals surface area contributed by atoms with Gasteiger partial charge in [-0.25, -0.2) is 0 Å². The van der Waals surface area contributed by atoms with Crippen LogP contribution in [-0.4, -0.2) is 29.1 Å². The van der Waals surface area contributed by atoms with Gasteiger partial charge in [-0.3, -0.25) is 4.79 Å². The van der Waals surface area contributed by atoms with E-state index in [2.05, 4.69) is 0 Å². The molecule has 0 spiro atoms. The normalized spacial score (nSPS) is 24.1. The summed E-state index contributed by atoms with van der Waals surface area (Å²) in [7, 11) is 0. The molecule has 1 aromatic carbocycles. The van der Waals surface area contributed by atoms with Crippen LogP contribution in [0.15, 0.2) is 48.6 Å². The van der Waals surface area contributed by atoms with E-state index in [1.165, 1.54) is 0 Å². The minimum Gasteiger partial charge on any atom is -0.508 e. The number of ether oxygens (including phenoxy) is 2. The first-order chi connectivity index (χ1) is 12.1. The molecular weight excluding hydrogens is 320 g/mol. The zero-order chi connectivity index (χ0) is 18.1. The second kappa shape index (κ2) is 10.0. The number of allylic oxidation sites excluding steroid dienone is 3. The third kappa shape index (κ3) is 6.03. The highest BCUT2D eigenvalue weighted by atomic mass is 16.7. The fourth-order valence-electron chi connectivity index (χ4n) is 2.85. The second-order valence-corrected chi connectivity index (χ2v) is 6.08. The molecule has 3 unspecified atom stereocenters. The molecule has 5 nitrogen and oxygen atoms in total. The van der Waals surface area contributed by atoms with E-state index in [-0.39, 0.29) is 30.5 Å². The number of aromatic hydroxyl groups is 1. The number of carbonyl (C=O) groups is 1. The maximum atomic E-state index is 10.6. The first kappa shape index (κ1) is 19.2. The molecule has 0 radical (unpaired) electrons. The van der Waals surface area contributed by atoms with E-state index >= 15 is 0 Å². The van der Waals surface area contributed by atoms with Crippen LogP contribution in [0.5, 0.6) is 5.75 Å². The monoisotopic (exact) mass is 346 g/mol. The molecule has 0 amide bonds. The average Bonchev–Trinajstić information content (AvgIpc) is 2.60. The van der Waals surface area contributed by atoms with E-state index in [9.17, 15) is 9.90 Å². The number of carboxylic acids is 1. The number of phenols is 1. The Balaban J connectivity index is 2.05. The fraction of sp³-hybridized carbons (Fsp3) is 0.450. The van der Waals surface area contributed by atoms with E-state index in [4.69, 9.17) is 14.6 Å². The van der Waals surface area contributed by atoms with Crippen LogP contribution in [-0.2, 0) is 14.3 Å². The number of carboxylic acid groups (broad SMARTS) is 1. The van der Waals surface area contributed by atoms with Crippen molar-refractivity contribution in [3.8, 4) is 5.75 Å². The Bertz CT molecular complexity index is 608. The number of phenolic OH excluding ortho intramolecular Hbond substituents is 1. The molecule has 2 rings (SSSR count). The zero-order valence-corrected chi connectivity index (χ0v) is 14.5. The summed E-state index contributed by atoms with van der Waals surface area (Å²) < 4.78 is 11.9. The van der Waals surface area contributed by atoms with Gasteiger partial charge in [-0.2, -0.15) is 0 Å². The largest absolute Gasteiger partial charge is 0.508 e. The maximum absolute atomic E-state index is 10.6. The van der Waals surface area contributed by atoms with Gasteiger partial charge >= 0.3 is 5.97 Å². The minimum atomic E-state index is -0.798. The number of para-hydroxylation sites is 1. The van der Waals surface area contributed by atoms with Crippen molar-refractivity contribution in [3.05, 3.63) is 54.1 Å². The van der Waals surface area contributed by atoms with E-state index in [0.29, 0.717) is 25.9 Å². The molecule has 0 aliphatic carbocycles. The molecule has 3 atom stereocenters. The van der Waals surface area contributed by atoms with Gasteiger partial charge < -0.3 is 19.7 Å². The van der Waals surface area contributed by atoms with E-state index in [0.717, 1.165) is 5.56 Å². The van der Waals surface area contributed by atoms with Gasteiger partial charge in [0.15, 0.2) is 6.29 Å². The Kier molecular flexibility index (Phi) is 7.70. The Hall–Kier alpha value is -2.11. The summed E-state index contributed by atoms with van der Waals surface area (Å²) in [6.45, 7) is 2.48. The topological polar surface area (TPSA) is 76.0 Å². The molecule has 1 saturated heterocycles. The van der Waals surface area contributed by atoms with Gasteiger partial charge in [0.25, 0.3) is 0 Å². The van der Waals surface area contributed by atoms with E-state index in [1.54, 1.807) is 12.1 Å². The number of rotatable bonds is 8. The molecule has 5 heteroatoms. The Morgan fingerprint density at radius 2 is 2.04 bits per heavy atom. The Labute approximate surface area is 148 Å². The fourth-order valence-corrected chi connectivity index (χ4v) is 2.85. The molecule has 1 aliphatic rings. The van der Waals surface area contributed by atoms with Crippen molar-refractivity contribution >= 4 is 5.97 Å². The van der Waals surface area contributed by atoms with Crippen molar-refractivity contribution < 1.29 is 24.5 Å². The SMILES string of the molecule is CC=CCC1OCC(CC=CCCC(=O)O)C(c2ccccc2O)O1. The van der Waals surface area contributed by atoms with Crippen LogP contribution in [0, 0.1) is 5.92 Å². The molecule has 0 aromatic heterocycles. The first-order valence-corrected chi connectivity index (χ1v) is 8.64. The highest BCUT2D eigenvalue weighted by Gasteiger charge is 2.33. The first-order valence-electron chi connectivity index (χ1n) is 8.64.